The second-order valence-corrected chi connectivity index (χ2v) is 7.31. The van der Waals surface area contributed by atoms with Crippen LogP contribution in [0.2, 0.25) is 0 Å². The molecular weight excluding hydrogens is 296 g/mol. The Bertz CT molecular complexity index is 684. The van der Waals surface area contributed by atoms with Gasteiger partial charge in [0.15, 0.2) is 15.6 Å². The van der Waals surface area contributed by atoms with E-state index in [0.717, 1.165) is 0 Å². The van der Waals surface area contributed by atoms with E-state index in [0.29, 0.717) is 25.2 Å². The Morgan fingerprint density at radius 1 is 1.29 bits per heavy atom. The Morgan fingerprint density at radius 2 is 2.00 bits per heavy atom. The van der Waals surface area contributed by atoms with E-state index in [4.69, 9.17) is 0 Å². The Hall–Kier alpha value is -1.96. The van der Waals surface area contributed by atoms with Crippen molar-refractivity contribution in [3.8, 4) is 0 Å². The van der Waals surface area contributed by atoms with Crippen molar-refractivity contribution >= 4 is 27.0 Å². The van der Waals surface area contributed by atoms with E-state index in [-0.39, 0.29) is 28.5 Å². The fraction of sp³-hybridized carbons (Fsp3) is 0.462. The first-order valence-corrected chi connectivity index (χ1v) is 8.37. The van der Waals surface area contributed by atoms with Crippen molar-refractivity contribution in [3.63, 3.8) is 0 Å². The van der Waals surface area contributed by atoms with Crippen LogP contribution < -0.4 is 4.90 Å². The highest BCUT2D eigenvalue weighted by atomic mass is 32.2. The van der Waals surface area contributed by atoms with Gasteiger partial charge < -0.3 is 4.90 Å². The molecule has 21 heavy (non-hydrogen) atoms. The maximum Gasteiger partial charge on any atom is 0.270 e. The molecule has 1 aliphatic heterocycles. The molecule has 1 aromatic carbocycles. The van der Waals surface area contributed by atoms with Gasteiger partial charge in [-0.2, -0.15) is 0 Å². The van der Waals surface area contributed by atoms with Crippen molar-refractivity contribution in [1.29, 1.82) is 0 Å². The molecule has 0 saturated carbocycles. The largest absolute Gasteiger partial charge is 0.370 e. The smallest absolute Gasteiger partial charge is 0.270 e. The summed E-state index contributed by atoms with van der Waals surface area (Å²) in [5.74, 6) is -0.117. The zero-order valence-corrected chi connectivity index (χ0v) is 12.4. The fourth-order valence-electron chi connectivity index (χ4n) is 2.37. The van der Waals surface area contributed by atoms with E-state index < -0.39 is 14.8 Å². The Balaban J connectivity index is 2.39. The molecule has 0 aromatic heterocycles. The maximum absolute atomic E-state index is 11.7. The van der Waals surface area contributed by atoms with Gasteiger partial charge in [0.05, 0.1) is 16.4 Å². The molecule has 0 amide bonds. The molecule has 0 spiro atoms. The molecule has 1 fully saturated rings. The number of nitro groups is 1. The van der Waals surface area contributed by atoms with Gasteiger partial charge in [-0.1, -0.05) is 0 Å². The van der Waals surface area contributed by atoms with E-state index in [1.807, 2.05) is 4.90 Å². The minimum atomic E-state index is -3.05. The van der Waals surface area contributed by atoms with Crippen molar-refractivity contribution in [1.82, 2.24) is 0 Å². The molecule has 1 heterocycles. The summed E-state index contributed by atoms with van der Waals surface area (Å²) in [5.41, 5.74) is 0.667. The van der Waals surface area contributed by atoms with Crippen LogP contribution in [0.3, 0.4) is 0 Å². The lowest BCUT2D eigenvalue weighted by Crippen LogP contribution is -2.28. The molecule has 0 aliphatic carbocycles. The summed E-state index contributed by atoms with van der Waals surface area (Å²) in [4.78, 5) is 23.8. The van der Waals surface area contributed by atoms with Gasteiger partial charge in [-0.05, 0) is 19.4 Å². The quantitative estimate of drug-likeness (QED) is 0.475. The summed E-state index contributed by atoms with van der Waals surface area (Å²) >= 11 is 0. The number of nitro benzene ring substituents is 1. The number of hydrogen-bond acceptors (Lipinski definition) is 6. The number of carbonyl (C=O) groups is 1. The van der Waals surface area contributed by atoms with Crippen LogP contribution in [-0.4, -0.2) is 43.7 Å². The molecule has 0 N–H and O–H groups in total. The van der Waals surface area contributed by atoms with Gasteiger partial charge in [0.2, 0.25) is 0 Å². The lowest BCUT2D eigenvalue weighted by Gasteiger charge is -2.24. The molecule has 0 atom stereocenters. The van der Waals surface area contributed by atoms with E-state index in [9.17, 15) is 23.3 Å². The van der Waals surface area contributed by atoms with Crippen LogP contribution in [0.4, 0.5) is 11.4 Å². The van der Waals surface area contributed by atoms with Crippen LogP contribution in [-0.2, 0) is 9.84 Å². The van der Waals surface area contributed by atoms with Gasteiger partial charge in [0.1, 0.15) is 0 Å². The predicted octanol–water partition coefficient (Wildman–Crippen LogP) is 1.42. The first-order chi connectivity index (χ1) is 9.80. The number of carbonyl (C=O) groups excluding carboxylic acids is 1. The van der Waals surface area contributed by atoms with Crippen LogP contribution in [0.1, 0.15) is 23.7 Å². The van der Waals surface area contributed by atoms with Crippen molar-refractivity contribution < 1.29 is 18.1 Å². The van der Waals surface area contributed by atoms with Gasteiger partial charge in [-0.15, -0.1) is 0 Å². The predicted molar refractivity (Wildman–Crippen MR) is 78.6 cm³/mol. The third kappa shape index (κ3) is 3.57. The second-order valence-electron chi connectivity index (χ2n) is 5.01. The van der Waals surface area contributed by atoms with Crippen molar-refractivity contribution in [2.45, 2.75) is 13.3 Å². The van der Waals surface area contributed by atoms with E-state index in [1.165, 1.54) is 25.1 Å². The number of hydrogen-bond donors (Lipinski definition) is 0. The van der Waals surface area contributed by atoms with Gasteiger partial charge >= 0.3 is 0 Å². The van der Waals surface area contributed by atoms with Gasteiger partial charge in [0, 0.05) is 36.5 Å². The number of nitrogens with zero attached hydrogens (tertiary/aromatic N) is 2. The first kappa shape index (κ1) is 15.4. The SMILES string of the molecule is CC(=O)c1cc([N+](=O)[O-])ccc1N1CCCS(=O)(=O)CC1. The van der Waals surface area contributed by atoms with Gasteiger partial charge in [-0.3, -0.25) is 14.9 Å². The highest BCUT2D eigenvalue weighted by Crippen LogP contribution is 2.27. The summed E-state index contributed by atoms with van der Waals surface area (Å²) in [7, 11) is -3.05. The molecule has 0 radical (unpaired) electrons. The monoisotopic (exact) mass is 312 g/mol. The Kier molecular flexibility index (Phi) is 4.26. The molecule has 1 aromatic rings. The standard InChI is InChI=1S/C13H16N2O5S/c1-10(16)12-9-11(15(17)18)3-4-13(12)14-5-2-7-21(19,20)8-6-14/h3-4,9H,2,5-8H2,1H3. The van der Waals surface area contributed by atoms with Crippen molar-refractivity contribution in [3.05, 3.63) is 33.9 Å². The number of Topliss-reactive ketones (excluding diaryl/α,β-unsaturated/α-hetero) is 1. The van der Waals surface area contributed by atoms with E-state index >= 15 is 0 Å². The third-order valence-corrected chi connectivity index (χ3v) is 5.18. The van der Waals surface area contributed by atoms with E-state index in [2.05, 4.69) is 0 Å². The van der Waals surface area contributed by atoms with Crippen LogP contribution in [0.25, 0.3) is 0 Å². The minimum absolute atomic E-state index is 0.0291. The van der Waals surface area contributed by atoms with Gasteiger partial charge in [-0.25, -0.2) is 8.42 Å². The number of anilines is 1. The Morgan fingerprint density at radius 3 is 2.62 bits per heavy atom. The fourth-order valence-corrected chi connectivity index (χ4v) is 3.65. The summed E-state index contributed by atoms with van der Waals surface area (Å²) in [6, 6.07) is 4.10. The Labute approximate surface area is 122 Å². The number of rotatable bonds is 3. The normalized spacial score (nSPS) is 18.0. The van der Waals surface area contributed by atoms with Crippen LogP contribution >= 0.6 is 0 Å². The number of benzene rings is 1. The number of non-ortho nitro benzene ring substituents is 1. The molecule has 8 heteroatoms. The summed E-state index contributed by atoms with van der Waals surface area (Å²) in [6.07, 6.45) is 0.483. The number of sulfone groups is 1. The van der Waals surface area contributed by atoms with Crippen molar-refractivity contribution in [2.24, 2.45) is 0 Å². The third-order valence-electron chi connectivity index (χ3n) is 3.47. The topological polar surface area (TPSA) is 97.6 Å². The minimum Gasteiger partial charge on any atom is -0.370 e. The lowest BCUT2D eigenvalue weighted by molar-refractivity contribution is -0.384. The molecular formula is C13H16N2O5S. The molecule has 7 nitrogen and oxygen atoms in total. The van der Waals surface area contributed by atoms with Crippen LogP contribution in [0, 0.1) is 10.1 Å². The zero-order valence-electron chi connectivity index (χ0n) is 11.6. The lowest BCUT2D eigenvalue weighted by atomic mass is 10.1. The maximum atomic E-state index is 11.7. The van der Waals surface area contributed by atoms with Crippen LogP contribution in [0.15, 0.2) is 18.2 Å². The molecule has 0 bridgehead atoms. The average molecular weight is 312 g/mol. The zero-order chi connectivity index (χ0) is 15.6. The molecule has 0 unspecified atom stereocenters. The summed E-state index contributed by atoms with van der Waals surface area (Å²) in [5, 5.41) is 10.8. The van der Waals surface area contributed by atoms with E-state index in [1.54, 1.807) is 0 Å². The van der Waals surface area contributed by atoms with Crippen molar-refractivity contribution in [2.75, 3.05) is 29.5 Å². The molecule has 1 saturated heterocycles. The second kappa shape index (κ2) is 5.80. The summed E-state index contributed by atoms with van der Waals surface area (Å²) < 4.78 is 23.3. The average Bonchev–Trinajstić information content (AvgIpc) is 2.59. The summed E-state index contributed by atoms with van der Waals surface area (Å²) in [6.45, 7) is 2.15. The molecule has 1 aliphatic rings. The molecule has 114 valence electrons. The number of ketones is 1. The van der Waals surface area contributed by atoms with Gasteiger partial charge in [0.25, 0.3) is 5.69 Å². The molecule has 2 rings (SSSR count). The van der Waals surface area contributed by atoms with Crippen LogP contribution in [0.5, 0.6) is 0 Å². The first-order valence-electron chi connectivity index (χ1n) is 6.55. The highest BCUT2D eigenvalue weighted by molar-refractivity contribution is 7.91. The highest BCUT2D eigenvalue weighted by Gasteiger charge is 2.23.